The highest BCUT2D eigenvalue weighted by Crippen LogP contribution is 2.07. The Kier molecular flexibility index (Phi) is 10.8. The molecular formula is C18H24N2O8. The Hall–Kier alpha value is -3.27. The number of carbonyl (C=O) groups is 5. The molecule has 4 N–H and O–H groups in total. The number of hydrogen-bond acceptors (Lipinski definition) is 6. The third-order valence-electron chi connectivity index (χ3n) is 3.40. The molecule has 1 amide bonds. The van der Waals surface area contributed by atoms with Gasteiger partial charge in [0.05, 0.1) is 6.04 Å². The molecule has 0 heterocycles. The standard InChI is InChI=1S/C15H20N2O5.C3H4O3/c1-10(16-11(2)15(21)22)14(20)17(9-13(18)19)8-12-6-4-3-5-7-12;1-2(4)3(5)6/h3-7,10-11,16H,8-9H2,1-2H3,(H,18,19)(H,21,22);1H3,(H,5,6)/t10-,11?;/m0./s1. The SMILES string of the molecule is CC(=O)C(=O)O.CC(N[C@@H](C)C(=O)N(CC(=O)O)Cc1ccccc1)C(=O)O. The van der Waals surface area contributed by atoms with Crippen molar-refractivity contribution in [3.05, 3.63) is 35.9 Å². The molecule has 0 radical (unpaired) electrons. The molecule has 28 heavy (non-hydrogen) atoms. The predicted molar refractivity (Wildman–Crippen MR) is 97.5 cm³/mol. The Morgan fingerprint density at radius 2 is 1.46 bits per heavy atom. The van der Waals surface area contributed by atoms with E-state index in [-0.39, 0.29) is 6.54 Å². The maximum atomic E-state index is 12.3. The first-order chi connectivity index (χ1) is 13.0. The van der Waals surface area contributed by atoms with Crippen LogP contribution in [-0.2, 0) is 30.5 Å². The van der Waals surface area contributed by atoms with Gasteiger partial charge in [-0.3, -0.25) is 24.5 Å². The number of amides is 1. The summed E-state index contributed by atoms with van der Waals surface area (Å²) >= 11 is 0. The van der Waals surface area contributed by atoms with E-state index in [1.807, 2.05) is 6.07 Å². The van der Waals surface area contributed by atoms with Gasteiger partial charge in [-0.1, -0.05) is 30.3 Å². The topological polar surface area (TPSA) is 161 Å². The van der Waals surface area contributed by atoms with Gasteiger partial charge in [-0.25, -0.2) is 4.79 Å². The normalized spacial score (nSPS) is 12.0. The van der Waals surface area contributed by atoms with Crippen molar-refractivity contribution >= 4 is 29.6 Å². The van der Waals surface area contributed by atoms with Crippen LogP contribution in [0, 0.1) is 0 Å². The fourth-order valence-electron chi connectivity index (χ4n) is 1.97. The van der Waals surface area contributed by atoms with Crippen molar-refractivity contribution in [1.82, 2.24) is 10.2 Å². The number of aliphatic carboxylic acids is 3. The summed E-state index contributed by atoms with van der Waals surface area (Å²) in [5.41, 5.74) is 0.801. The van der Waals surface area contributed by atoms with Crippen LogP contribution < -0.4 is 5.32 Å². The van der Waals surface area contributed by atoms with Crippen molar-refractivity contribution in [2.75, 3.05) is 6.54 Å². The van der Waals surface area contributed by atoms with E-state index in [1.54, 1.807) is 24.3 Å². The quantitative estimate of drug-likeness (QED) is 0.428. The van der Waals surface area contributed by atoms with E-state index in [0.29, 0.717) is 0 Å². The molecule has 0 aromatic heterocycles. The smallest absolute Gasteiger partial charge is 0.371 e. The first-order valence-electron chi connectivity index (χ1n) is 8.22. The number of nitrogens with zero attached hydrogens (tertiary/aromatic N) is 1. The molecule has 0 aliphatic carbocycles. The molecule has 10 nitrogen and oxygen atoms in total. The van der Waals surface area contributed by atoms with E-state index in [9.17, 15) is 24.0 Å². The van der Waals surface area contributed by atoms with Crippen LogP contribution in [0.1, 0.15) is 26.3 Å². The van der Waals surface area contributed by atoms with Gasteiger partial charge in [0.1, 0.15) is 12.6 Å². The average Bonchev–Trinajstić information content (AvgIpc) is 2.61. The molecule has 0 fully saturated rings. The number of carboxylic acid groups (broad SMARTS) is 3. The minimum atomic E-state index is -1.38. The van der Waals surface area contributed by atoms with Crippen LogP contribution in [0.25, 0.3) is 0 Å². The minimum absolute atomic E-state index is 0.152. The predicted octanol–water partition coefficient (Wildman–Crippen LogP) is 0.211. The maximum absolute atomic E-state index is 12.3. The van der Waals surface area contributed by atoms with Gasteiger partial charge in [0.25, 0.3) is 0 Å². The summed E-state index contributed by atoms with van der Waals surface area (Å²) in [6.07, 6.45) is 0. The van der Waals surface area contributed by atoms with Gasteiger partial charge in [0.2, 0.25) is 11.7 Å². The number of carboxylic acids is 3. The van der Waals surface area contributed by atoms with Crippen LogP contribution in [0.15, 0.2) is 30.3 Å². The van der Waals surface area contributed by atoms with E-state index >= 15 is 0 Å². The molecule has 0 saturated heterocycles. The van der Waals surface area contributed by atoms with E-state index in [1.165, 1.54) is 18.7 Å². The molecule has 0 aliphatic heterocycles. The molecule has 10 heteroatoms. The monoisotopic (exact) mass is 396 g/mol. The Morgan fingerprint density at radius 1 is 0.964 bits per heavy atom. The molecule has 1 unspecified atom stereocenters. The summed E-state index contributed by atoms with van der Waals surface area (Å²) in [7, 11) is 0. The number of nitrogens with one attached hydrogen (secondary N) is 1. The molecular weight excluding hydrogens is 372 g/mol. The van der Waals surface area contributed by atoms with Gasteiger partial charge in [-0.05, 0) is 19.4 Å². The highest BCUT2D eigenvalue weighted by molar-refractivity contribution is 6.31. The van der Waals surface area contributed by atoms with Gasteiger partial charge < -0.3 is 20.2 Å². The van der Waals surface area contributed by atoms with Gasteiger partial charge in [-0.2, -0.15) is 0 Å². The lowest BCUT2D eigenvalue weighted by molar-refractivity contribution is -0.148. The fourth-order valence-corrected chi connectivity index (χ4v) is 1.97. The van der Waals surface area contributed by atoms with E-state index in [2.05, 4.69) is 5.32 Å². The summed E-state index contributed by atoms with van der Waals surface area (Å²) < 4.78 is 0. The lowest BCUT2D eigenvalue weighted by atomic mass is 10.2. The summed E-state index contributed by atoms with van der Waals surface area (Å²) in [4.78, 5) is 54.2. The number of carbonyl (C=O) groups excluding carboxylic acids is 2. The summed E-state index contributed by atoms with van der Waals surface area (Å²) in [6, 6.07) is 7.31. The molecule has 0 saturated carbocycles. The molecule has 1 aromatic rings. The summed E-state index contributed by atoms with van der Waals surface area (Å²) in [5.74, 6) is -4.86. The second kappa shape index (κ2) is 12.2. The van der Waals surface area contributed by atoms with Crippen LogP contribution in [0.4, 0.5) is 0 Å². The number of rotatable bonds is 9. The van der Waals surface area contributed by atoms with Crippen molar-refractivity contribution in [1.29, 1.82) is 0 Å². The van der Waals surface area contributed by atoms with Gasteiger partial charge >= 0.3 is 17.9 Å². The highest BCUT2D eigenvalue weighted by atomic mass is 16.4. The number of ketones is 1. The average molecular weight is 396 g/mol. The minimum Gasteiger partial charge on any atom is -0.480 e. The van der Waals surface area contributed by atoms with Crippen LogP contribution >= 0.6 is 0 Å². The molecule has 0 bridgehead atoms. The van der Waals surface area contributed by atoms with E-state index in [0.717, 1.165) is 12.5 Å². The van der Waals surface area contributed by atoms with Crippen molar-refractivity contribution in [2.45, 2.75) is 39.4 Å². The molecule has 1 aromatic carbocycles. The van der Waals surface area contributed by atoms with Crippen molar-refractivity contribution < 1.29 is 39.3 Å². The third-order valence-corrected chi connectivity index (χ3v) is 3.40. The number of Topliss-reactive ketones (excluding diaryl/α,β-unsaturated/α-hetero) is 1. The summed E-state index contributed by atoms with van der Waals surface area (Å²) in [6.45, 7) is 3.65. The first-order valence-corrected chi connectivity index (χ1v) is 8.22. The van der Waals surface area contributed by atoms with Gasteiger partial charge in [-0.15, -0.1) is 0 Å². The van der Waals surface area contributed by atoms with Crippen LogP contribution in [-0.4, -0.2) is 68.4 Å². The van der Waals surface area contributed by atoms with E-state index < -0.39 is 48.2 Å². The first kappa shape index (κ1) is 24.7. The zero-order valence-corrected chi connectivity index (χ0v) is 15.8. The molecule has 1 rings (SSSR count). The lowest BCUT2D eigenvalue weighted by Gasteiger charge is -2.26. The van der Waals surface area contributed by atoms with Crippen LogP contribution in [0.5, 0.6) is 0 Å². The van der Waals surface area contributed by atoms with E-state index in [4.69, 9.17) is 15.3 Å². The molecule has 0 spiro atoms. The number of hydrogen-bond donors (Lipinski definition) is 4. The van der Waals surface area contributed by atoms with Crippen molar-refractivity contribution in [3.8, 4) is 0 Å². The molecule has 2 atom stereocenters. The molecule has 154 valence electrons. The summed E-state index contributed by atoms with van der Waals surface area (Å²) in [5, 5.41) is 28.1. The lowest BCUT2D eigenvalue weighted by Crippen LogP contribution is -2.50. The van der Waals surface area contributed by atoms with Gasteiger partial charge in [0.15, 0.2) is 0 Å². The van der Waals surface area contributed by atoms with Gasteiger partial charge in [0, 0.05) is 13.5 Å². The Labute approximate surface area is 161 Å². The second-order valence-electron chi connectivity index (χ2n) is 5.88. The Bertz CT molecular complexity index is 693. The Morgan fingerprint density at radius 3 is 1.86 bits per heavy atom. The third kappa shape index (κ3) is 10.0. The maximum Gasteiger partial charge on any atom is 0.371 e. The highest BCUT2D eigenvalue weighted by Gasteiger charge is 2.25. The van der Waals surface area contributed by atoms with Crippen molar-refractivity contribution in [2.24, 2.45) is 0 Å². The van der Waals surface area contributed by atoms with Crippen molar-refractivity contribution in [3.63, 3.8) is 0 Å². The second-order valence-corrected chi connectivity index (χ2v) is 5.88. The molecule has 0 aliphatic rings. The number of benzene rings is 1. The van der Waals surface area contributed by atoms with Crippen LogP contribution in [0.2, 0.25) is 0 Å². The van der Waals surface area contributed by atoms with Crippen LogP contribution in [0.3, 0.4) is 0 Å². The largest absolute Gasteiger partial charge is 0.480 e. The zero-order chi connectivity index (χ0) is 21.9. The zero-order valence-electron chi connectivity index (χ0n) is 15.8. The fraction of sp³-hybridized carbons (Fsp3) is 0.389. The Balaban J connectivity index is 0.00000105.